The van der Waals surface area contributed by atoms with E-state index in [4.69, 9.17) is 5.11 Å². The van der Waals surface area contributed by atoms with Crippen molar-refractivity contribution in [2.45, 2.75) is 0 Å². The van der Waals surface area contributed by atoms with Crippen LogP contribution in [0.15, 0.2) is 24.5 Å². The van der Waals surface area contributed by atoms with Crippen molar-refractivity contribution in [3.8, 4) is 5.82 Å². The van der Waals surface area contributed by atoms with Crippen molar-refractivity contribution in [3.05, 3.63) is 45.9 Å². The molecule has 0 fully saturated rings. The average Bonchev–Trinajstić information content (AvgIpc) is 2.92. The van der Waals surface area contributed by atoms with Crippen LogP contribution in [0.25, 0.3) is 5.82 Å². The van der Waals surface area contributed by atoms with E-state index in [9.17, 15) is 19.7 Å². The van der Waals surface area contributed by atoms with Crippen molar-refractivity contribution in [1.82, 2.24) is 14.8 Å². The zero-order valence-corrected chi connectivity index (χ0v) is 10.6. The number of nitro groups is 1. The quantitative estimate of drug-likeness (QED) is 0.492. The van der Waals surface area contributed by atoms with Gasteiger partial charge in [0.15, 0.2) is 5.82 Å². The van der Waals surface area contributed by atoms with Gasteiger partial charge in [-0.2, -0.15) is 5.10 Å². The molecule has 0 saturated heterocycles. The molecule has 0 aromatic carbocycles. The van der Waals surface area contributed by atoms with E-state index in [-0.39, 0.29) is 11.4 Å². The molecule has 2 aromatic rings. The summed E-state index contributed by atoms with van der Waals surface area (Å²) in [6.07, 6.45) is 2.18. The Morgan fingerprint density at radius 3 is 2.71 bits per heavy atom. The highest BCUT2D eigenvalue weighted by molar-refractivity contribution is 5.90. The van der Waals surface area contributed by atoms with Gasteiger partial charge in [-0.25, -0.2) is 19.3 Å². The van der Waals surface area contributed by atoms with E-state index in [0.29, 0.717) is 0 Å². The number of hydrogen-bond donors (Lipinski definition) is 1. The molecule has 0 aliphatic heterocycles. The van der Waals surface area contributed by atoms with Crippen LogP contribution in [0.2, 0.25) is 0 Å². The number of aromatic nitrogens is 3. The number of aromatic carboxylic acids is 1. The first-order valence-electron chi connectivity index (χ1n) is 5.46. The number of hydrogen-bond acceptors (Lipinski definition) is 7. The van der Waals surface area contributed by atoms with E-state index in [2.05, 4.69) is 14.8 Å². The number of carbonyl (C=O) groups excluding carboxylic acids is 1. The minimum Gasteiger partial charge on any atom is -0.476 e. The summed E-state index contributed by atoms with van der Waals surface area (Å²) in [5.41, 5.74) is -1.24. The van der Waals surface area contributed by atoms with Crippen molar-refractivity contribution in [1.29, 1.82) is 0 Å². The predicted octanol–water partition coefficient (Wildman–Crippen LogP) is 0.660. The van der Waals surface area contributed by atoms with Gasteiger partial charge in [-0.05, 0) is 12.1 Å². The van der Waals surface area contributed by atoms with Crippen LogP contribution in [0.4, 0.5) is 5.69 Å². The fourth-order valence-corrected chi connectivity index (χ4v) is 1.56. The van der Waals surface area contributed by atoms with Crippen molar-refractivity contribution in [2.75, 3.05) is 7.11 Å². The molecule has 10 nitrogen and oxygen atoms in total. The zero-order valence-electron chi connectivity index (χ0n) is 10.6. The highest BCUT2D eigenvalue weighted by atomic mass is 16.6. The third-order valence-corrected chi connectivity index (χ3v) is 2.50. The Balaban J connectivity index is 2.52. The molecule has 2 rings (SSSR count). The molecule has 0 atom stereocenters. The van der Waals surface area contributed by atoms with Crippen LogP contribution in [0.3, 0.4) is 0 Å². The smallest absolute Gasteiger partial charge is 0.363 e. The van der Waals surface area contributed by atoms with Gasteiger partial charge in [0, 0.05) is 6.20 Å². The van der Waals surface area contributed by atoms with Gasteiger partial charge < -0.3 is 9.84 Å². The fraction of sp³-hybridized carbons (Fsp3) is 0.0909. The Labute approximate surface area is 116 Å². The maximum absolute atomic E-state index is 11.4. The first kappa shape index (κ1) is 14.1. The maximum atomic E-state index is 11.4. The monoisotopic (exact) mass is 292 g/mol. The topological polar surface area (TPSA) is 137 Å². The first-order valence-corrected chi connectivity index (χ1v) is 5.46. The van der Waals surface area contributed by atoms with E-state index >= 15 is 0 Å². The molecule has 0 saturated carbocycles. The van der Waals surface area contributed by atoms with Gasteiger partial charge in [-0.15, -0.1) is 0 Å². The molecule has 10 heteroatoms. The van der Waals surface area contributed by atoms with E-state index in [0.717, 1.165) is 10.9 Å². The lowest BCUT2D eigenvalue weighted by atomic mass is 10.2. The molecule has 1 N–H and O–H groups in total. The molecule has 0 aliphatic rings. The second-order valence-electron chi connectivity index (χ2n) is 3.76. The fourth-order valence-electron chi connectivity index (χ4n) is 1.56. The Morgan fingerprint density at radius 1 is 1.48 bits per heavy atom. The molecule has 108 valence electrons. The van der Waals surface area contributed by atoms with Gasteiger partial charge >= 0.3 is 17.6 Å². The molecule has 0 spiro atoms. The summed E-state index contributed by atoms with van der Waals surface area (Å²) in [5, 5.41) is 23.3. The SMILES string of the molecule is COC(=O)c1ccnc(-n2cc([N+](=O)[O-])c(C(=O)O)n2)c1. The van der Waals surface area contributed by atoms with Gasteiger partial charge in [0.05, 0.1) is 17.6 Å². The number of carboxylic acid groups (broad SMARTS) is 1. The van der Waals surface area contributed by atoms with E-state index < -0.39 is 28.2 Å². The minimum atomic E-state index is -1.54. The molecule has 2 aromatic heterocycles. The Bertz CT molecular complexity index is 707. The summed E-state index contributed by atoms with van der Waals surface area (Å²) in [5.74, 6) is -2.11. The first-order chi connectivity index (χ1) is 9.93. The molecular weight excluding hydrogens is 284 g/mol. The van der Waals surface area contributed by atoms with Crippen LogP contribution in [0.1, 0.15) is 20.8 Å². The number of nitrogens with zero attached hydrogens (tertiary/aromatic N) is 4. The van der Waals surface area contributed by atoms with Gasteiger partial charge in [0.1, 0.15) is 6.20 Å². The second kappa shape index (κ2) is 5.36. The molecule has 2 heterocycles. The average molecular weight is 292 g/mol. The summed E-state index contributed by atoms with van der Waals surface area (Å²) in [6.45, 7) is 0. The summed E-state index contributed by atoms with van der Waals surface area (Å²) < 4.78 is 5.44. The lowest BCUT2D eigenvalue weighted by molar-refractivity contribution is -0.385. The Kier molecular flexibility index (Phi) is 3.61. The molecule has 0 bridgehead atoms. The summed E-state index contributed by atoms with van der Waals surface area (Å²) in [4.78, 5) is 36.1. The summed E-state index contributed by atoms with van der Waals surface area (Å²) in [7, 11) is 1.20. The number of methoxy groups -OCH3 is 1. The summed E-state index contributed by atoms with van der Waals surface area (Å²) >= 11 is 0. The van der Waals surface area contributed by atoms with Crippen LogP contribution in [-0.4, -0.2) is 43.8 Å². The molecular formula is C11H8N4O6. The largest absolute Gasteiger partial charge is 0.476 e. The van der Waals surface area contributed by atoms with Crippen molar-refractivity contribution in [3.63, 3.8) is 0 Å². The lowest BCUT2D eigenvalue weighted by Crippen LogP contribution is -2.06. The van der Waals surface area contributed by atoms with Gasteiger partial charge in [-0.1, -0.05) is 0 Å². The van der Waals surface area contributed by atoms with E-state index in [1.54, 1.807) is 0 Å². The van der Waals surface area contributed by atoms with Crippen LogP contribution in [0.5, 0.6) is 0 Å². The highest BCUT2D eigenvalue weighted by Crippen LogP contribution is 2.19. The Hall–Kier alpha value is -3.30. The number of carboxylic acids is 1. The number of carbonyl (C=O) groups is 2. The molecule has 0 radical (unpaired) electrons. The van der Waals surface area contributed by atoms with Crippen molar-refractivity contribution < 1.29 is 24.4 Å². The predicted molar refractivity (Wildman–Crippen MR) is 66.3 cm³/mol. The van der Waals surface area contributed by atoms with Gasteiger partial charge in [0.25, 0.3) is 0 Å². The van der Waals surface area contributed by atoms with Crippen LogP contribution >= 0.6 is 0 Å². The number of pyridine rings is 1. The molecule has 21 heavy (non-hydrogen) atoms. The zero-order chi connectivity index (χ0) is 15.6. The molecule has 0 unspecified atom stereocenters. The van der Waals surface area contributed by atoms with Crippen LogP contribution in [0, 0.1) is 10.1 Å². The number of esters is 1. The van der Waals surface area contributed by atoms with E-state index in [1.165, 1.54) is 25.4 Å². The normalized spacial score (nSPS) is 10.1. The third kappa shape index (κ3) is 2.68. The molecule has 0 amide bonds. The lowest BCUT2D eigenvalue weighted by Gasteiger charge is -2.02. The van der Waals surface area contributed by atoms with E-state index in [1.807, 2.05) is 0 Å². The number of ether oxygens (including phenoxy) is 1. The van der Waals surface area contributed by atoms with Crippen LogP contribution in [-0.2, 0) is 4.74 Å². The standard InChI is InChI=1S/C11H8N4O6/c1-21-11(18)6-2-3-12-8(4-6)14-5-7(15(19)20)9(13-14)10(16)17/h2-5H,1H3,(H,16,17). The van der Waals surface area contributed by atoms with Crippen molar-refractivity contribution >= 4 is 17.6 Å². The van der Waals surface area contributed by atoms with Gasteiger partial charge in [0.2, 0.25) is 5.69 Å². The van der Waals surface area contributed by atoms with Crippen LogP contribution < -0.4 is 0 Å². The van der Waals surface area contributed by atoms with Crippen molar-refractivity contribution in [2.24, 2.45) is 0 Å². The molecule has 0 aliphatic carbocycles. The highest BCUT2D eigenvalue weighted by Gasteiger charge is 2.26. The van der Waals surface area contributed by atoms with Gasteiger partial charge in [-0.3, -0.25) is 10.1 Å². The number of rotatable bonds is 4. The Morgan fingerprint density at radius 2 is 2.19 bits per heavy atom. The third-order valence-electron chi connectivity index (χ3n) is 2.50. The second-order valence-corrected chi connectivity index (χ2v) is 3.76. The maximum Gasteiger partial charge on any atom is 0.363 e. The minimum absolute atomic E-state index is 0.0495. The summed E-state index contributed by atoms with van der Waals surface area (Å²) in [6, 6.07) is 2.65.